The topological polar surface area (TPSA) is 32.3 Å². The van der Waals surface area contributed by atoms with Crippen LogP contribution in [0.3, 0.4) is 0 Å². The van der Waals surface area contributed by atoms with Crippen molar-refractivity contribution in [2.45, 2.75) is 26.3 Å². The molecule has 94 valence electrons. The predicted octanol–water partition coefficient (Wildman–Crippen LogP) is 2.93. The number of carbonyl (C=O) groups is 1. The number of amides is 1. The number of hydrogen-bond acceptors (Lipinski definition) is 2. The summed E-state index contributed by atoms with van der Waals surface area (Å²) in [6.45, 7) is 3.93. The van der Waals surface area contributed by atoms with Gasteiger partial charge in [0, 0.05) is 10.7 Å². The highest BCUT2D eigenvalue weighted by atomic mass is 35.5. The SMILES string of the molecule is CC[C@@H](C(=O)Nc1ccc(C)c(Cl)c1)N(C)C. The van der Waals surface area contributed by atoms with E-state index in [-0.39, 0.29) is 11.9 Å². The number of rotatable bonds is 4. The molecular weight excluding hydrogens is 236 g/mol. The van der Waals surface area contributed by atoms with Crippen LogP contribution in [0.4, 0.5) is 5.69 Å². The van der Waals surface area contributed by atoms with Gasteiger partial charge in [-0.15, -0.1) is 0 Å². The van der Waals surface area contributed by atoms with Crippen LogP contribution in [0.2, 0.25) is 5.02 Å². The lowest BCUT2D eigenvalue weighted by Crippen LogP contribution is -2.39. The summed E-state index contributed by atoms with van der Waals surface area (Å²) in [5.74, 6) is -0.00239. The largest absolute Gasteiger partial charge is 0.325 e. The van der Waals surface area contributed by atoms with Gasteiger partial charge in [0.25, 0.3) is 0 Å². The Labute approximate surface area is 108 Å². The van der Waals surface area contributed by atoms with E-state index in [1.165, 1.54) is 0 Å². The molecule has 0 radical (unpaired) electrons. The van der Waals surface area contributed by atoms with Gasteiger partial charge in [0.2, 0.25) is 5.91 Å². The minimum atomic E-state index is -0.116. The summed E-state index contributed by atoms with van der Waals surface area (Å²) < 4.78 is 0. The average Bonchev–Trinajstić information content (AvgIpc) is 2.24. The van der Waals surface area contributed by atoms with Gasteiger partial charge in [-0.2, -0.15) is 0 Å². The van der Waals surface area contributed by atoms with E-state index in [9.17, 15) is 4.79 Å². The minimum absolute atomic E-state index is 0.00239. The molecule has 0 aromatic heterocycles. The molecule has 0 aliphatic heterocycles. The van der Waals surface area contributed by atoms with E-state index in [0.717, 1.165) is 17.7 Å². The van der Waals surface area contributed by atoms with Gasteiger partial charge in [-0.25, -0.2) is 0 Å². The molecule has 4 heteroatoms. The smallest absolute Gasteiger partial charge is 0.241 e. The van der Waals surface area contributed by atoms with Gasteiger partial charge in [0.05, 0.1) is 6.04 Å². The van der Waals surface area contributed by atoms with E-state index in [2.05, 4.69) is 5.32 Å². The maximum Gasteiger partial charge on any atom is 0.241 e. The Bertz CT molecular complexity index is 404. The van der Waals surface area contributed by atoms with Crippen LogP contribution in [-0.2, 0) is 4.79 Å². The molecule has 0 bridgehead atoms. The Morgan fingerprint density at radius 3 is 2.59 bits per heavy atom. The van der Waals surface area contributed by atoms with Gasteiger partial charge in [-0.05, 0) is 45.1 Å². The number of anilines is 1. The second-order valence-electron chi connectivity index (χ2n) is 4.34. The molecule has 1 aromatic carbocycles. The molecular formula is C13H19ClN2O. The zero-order chi connectivity index (χ0) is 13.0. The normalized spacial score (nSPS) is 12.6. The van der Waals surface area contributed by atoms with E-state index in [0.29, 0.717) is 5.02 Å². The molecule has 0 saturated heterocycles. The molecule has 0 unspecified atom stereocenters. The van der Waals surface area contributed by atoms with Crippen molar-refractivity contribution in [3.05, 3.63) is 28.8 Å². The lowest BCUT2D eigenvalue weighted by Gasteiger charge is -2.21. The van der Waals surface area contributed by atoms with Crippen LogP contribution >= 0.6 is 11.6 Å². The van der Waals surface area contributed by atoms with Gasteiger partial charge >= 0.3 is 0 Å². The zero-order valence-electron chi connectivity index (χ0n) is 10.7. The van der Waals surface area contributed by atoms with Gasteiger partial charge in [0.15, 0.2) is 0 Å². The predicted molar refractivity (Wildman–Crippen MR) is 72.6 cm³/mol. The highest BCUT2D eigenvalue weighted by molar-refractivity contribution is 6.31. The van der Waals surface area contributed by atoms with E-state index in [1.54, 1.807) is 6.07 Å². The zero-order valence-corrected chi connectivity index (χ0v) is 11.5. The molecule has 0 saturated carbocycles. The summed E-state index contributed by atoms with van der Waals surface area (Å²) in [6, 6.07) is 5.42. The molecule has 1 N–H and O–H groups in total. The van der Waals surface area contributed by atoms with E-state index in [1.807, 2.05) is 45.0 Å². The molecule has 17 heavy (non-hydrogen) atoms. The molecule has 0 aliphatic carbocycles. The number of carbonyl (C=O) groups excluding carboxylic acids is 1. The lowest BCUT2D eigenvalue weighted by molar-refractivity contribution is -0.120. The molecule has 0 spiro atoms. The van der Waals surface area contributed by atoms with Crippen LogP contribution in [0, 0.1) is 6.92 Å². The number of nitrogens with zero attached hydrogens (tertiary/aromatic N) is 1. The van der Waals surface area contributed by atoms with Crippen molar-refractivity contribution in [3.63, 3.8) is 0 Å². The van der Waals surface area contributed by atoms with Crippen molar-refractivity contribution in [2.75, 3.05) is 19.4 Å². The van der Waals surface area contributed by atoms with Crippen LogP contribution in [0.1, 0.15) is 18.9 Å². The third kappa shape index (κ3) is 3.72. The second-order valence-corrected chi connectivity index (χ2v) is 4.75. The number of likely N-dealkylation sites (N-methyl/N-ethyl adjacent to an activating group) is 1. The third-order valence-electron chi connectivity index (χ3n) is 2.75. The number of aryl methyl sites for hydroxylation is 1. The van der Waals surface area contributed by atoms with Crippen LogP contribution < -0.4 is 5.32 Å². The first-order valence-electron chi connectivity index (χ1n) is 5.69. The fourth-order valence-electron chi connectivity index (χ4n) is 1.68. The first-order chi connectivity index (χ1) is 7.95. The summed E-state index contributed by atoms with van der Waals surface area (Å²) in [4.78, 5) is 13.9. The molecule has 1 atom stereocenters. The van der Waals surface area contributed by atoms with Gasteiger partial charge in [-0.1, -0.05) is 24.6 Å². The highest BCUT2D eigenvalue weighted by Crippen LogP contribution is 2.20. The van der Waals surface area contributed by atoms with Gasteiger partial charge in [0.1, 0.15) is 0 Å². The van der Waals surface area contributed by atoms with Crippen molar-refractivity contribution in [3.8, 4) is 0 Å². The summed E-state index contributed by atoms with van der Waals surface area (Å²) in [5.41, 5.74) is 1.75. The first-order valence-corrected chi connectivity index (χ1v) is 6.07. The fraction of sp³-hybridized carbons (Fsp3) is 0.462. The molecule has 0 heterocycles. The first kappa shape index (κ1) is 14.0. The Balaban J connectivity index is 2.77. The maximum atomic E-state index is 12.0. The summed E-state index contributed by atoms with van der Waals surface area (Å²) in [7, 11) is 3.80. The number of halogens is 1. The van der Waals surface area contributed by atoms with E-state index < -0.39 is 0 Å². The van der Waals surface area contributed by atoms with Crippen LogP contribution in [0.15, 0.2) is 18.2 Å². The summed E-state index contributed by atoms with van der Waals surface area (Å²) >= 11 is 6.01. The van der Waals surface area contributed by atoms with E-state index in [4.69, 9.17) is 11.6 Å². The molecule has 3 nitrogen and oxygen atoms in total. The Hall–Kier alpha value is -1.06. The van der Waals surface area contributed by atoms with Crippen molar-refractivity contribution in [1.82, 2.24) is 4.90 Å². The number of hydrogen-bond donors (Lipinski definition) is 1. The quantitative estimate of drug-likeness (QED) is 0.896. The highest BCUT2D eigenvalue weighted by Gasteiger charge is 2.18. The summed E-state index contributed by atoms with van der Waals surface area (Å²) in [5, 5.41) is 3.54. The van der Waals surface area contributed by atoms with Crippen molar-refractivity contribution >= 4 is 23.2 Å². The lowest BCUT2D eigenvalue weighted by atomic mass is 10.1. The number of benzene rings is 1. The number of nitrogens with one attached hydrogen (secondary N) is 1. The Morgan fingerprint density at radius 1 is 1.47 bits per heavy atom. The Morgan fingerprint density at radius 2 is 2.12 bits per heavy atom. The molecule has 1 amide bonds. The van der Waals surface area contributed by atoms with E-state index >= 15 is 0 Å². The maximum absolute atomic E-state index is 12.0. The molecule has 0 fully saturated rings. The molecule has 1 rings (SSSR count). The van der Waals surface area contributed by atoms with Gasteiger partial charge < -0.3 is 5.32 Å². The third-order valence-corrected chi connectivity index (χ3v) is 3.16. The molecule has 0 aliphatic rings. The molecule has 1 aromatic rings. The van der Waals surface area contributed by atoms with Crippen molar-refractivity contribution in [1.29, 1.82) is 0 Å². The van der Waals surface area contributed by atoms with Crippen LogP contribution in [-0.4, -0.2) is 30.9 Å². The second kappa shape index (κ2) is 6.03. The minimum Gasteiger partial charge on any atom is -0.325 e. The Kier molecular flexibility index (Phi) is 4.97. The van der Waals surface area contributed by atoms with Crippen LogP contribution in [0.25, 0.3) is 0 Å². The van der Waals surface area contributed by atoms with Gasteiger partial charge in [-0.3, -0.25) is 9.69 Å². The monoisotopic (exact) mass is 254 g/mol. The summed E-state index contributed by atoms with van der Waals surface area (Å²) in [6.07, 6.45) is 0.776. The average molecular weight is 255 g/mol. The van der Waals surface area contributed by atoms with Crippen molar-refractivity contribution < 1.29 is 4.79 Å². The fourth-order valence-corrected chi connectivity index (χ4v) is 1.86. The standard InChI is InChI=1S/C13H19ClN2O/c1-5-12(16(3)4)13(17)15-10-7-6-9(2)11(14)8-10/h6-8,12H,5H2,1-4H3,(H,15,17)/t12-/m0/s1. The van der Waals surface area contributed by atoms with Crippen molar-refractivity contribution in [2.24, 2.45) is 0 Å². The van der Waals surface area contributed by atoms with Crippen LogP contribution in [0.5, 0.6) is 0 Å².